The first-order valence-corrected chi connectivity index (χ1v) is 8.08. The van der Waals surface area contributed by atoms with Gasteiger partial charge in [-0.05, 0) is 33.2 Å². The highest BCUT2D eigenvalue weighted by atomic mass is 15.3. The minimum absolute atomic E-state index is 0.303. The molecule has 0 saturated carbocycles. The Labute approximate surface area is 127 Å². The van der Waals surface area contributed by atoms with Crippen molar-refractivity contribution in [3.05, 3.63) is 11.4 Å². The van der Waals surface area contributed by atoms with Crippen molar-refractivity contribution in [2.75, 3.05) is 30.8 Å². The van der Waals surface area contributed by atoms with Crippen LogP contribution in [0, 0.1) is 6.92 Å². The zero-order valence-electron chi connectivity index (χ0n) is 13.6. The second-order valence-electron chi connectivity index (χ2n) is 6.86. The Balaban J connectivity index is 1.93. The van der Waals surface area contributed by atoms with Crippen molar-refractivity contribution in [2.24, 2.45) is 0 Å². The predicted octanol–water partition coefficient (Wildman–Crippen LogP) is 2.16. The molecule has 116 valence electrons. The molecule has 0 amide bonds. The van der Waals surface area contributed by atoms with Crippen LogP contribution in [0.1, 0.15) is 50.4 Å². The van der Waals surface area contributed by atoms with Gasteiger partial charge in [0, 0.05) is 36.7 Å². The number of aromatic nitrogens is 2. The van der Waals surface area contributed by atoms with Gasteiger partial charge in [0.05, 0.1) is 0 Å². The normalized spacial score (nSPS) is 26.4. The van der Waals surface area contributed by atoms with E-state index in [1.807, 2.05) is 6.92 Å². The van der Waals surface area contributed by atoms with Crippen LogP contribution in [0.15, 0.2) is 0 Å². The summed E-state index contributed by atoms with van der Waals surface area (Å²) in [5.74, 6) is 2.84. The molecule has 2 fully saturated rings. The average molecular weight is 289 g/mol. The highest BCUT2D eigenvalue weighted by Gasteiger charge is 2.35. The molecule has 2 N–H and O–H groups in total. The van der Waals surface area contributed by atoms with E-state index < -0.39 is 0 Å². The minimum Gasteiger partial charge on any atom is -0.383 e. The molecule has 0 aromatic carbocycles. The summed E-state index contributed by atoms with van der Waals surface area (Å²) in [6.07, 6.45) is 3.86. The summed E-state index contributed by atoms with van der Waals surface area (Å²) in [5, 5.41) is 0. The molecule has 5 nitrogen and oxygen atoms in total. The first kappa shape index (κ1) is 14.6. The molecule has 2 aliphatic rings. The summed E-state index contributed by atoms with van der Waals surface area (Å²) < 4.78 is 0. The highest BCUT2D eigenvalue weighted by molar-refractivity contribution is 5.57. The monoisotopic (exact) mass is 289 g/mol. The van der Waals surface area contributed by atoms with Crippen LogP contribution in [0.25, 0.3) is 0 Å². The number of likely N-dealkylation sites (N-methyl/N-ethyl adjacent to an activating group) is 1. The van der Waals surface area contributed by atoms with Crippen molar-refractivity contribution in [1.29, 1.82) is 0 Å². The molecular formula is C16H27N5. The maximum absolute atomic E-state index is 6.12. The van der Waals surface area contributed by atoms with Gasteiger partial charge >= 0.3 is 0 Å². The lowest BCUT2D eigenvalue weighted by atomic mass is 10.1. The fraction of sp³-hybridized carbons (Fsp3) is 0.750. The van der Waals surface area contributed by atoms with E-state index in [4.69, 9.17) is 10.7 Å². The lowest BCUT2D eigenvalue weighted by molar-refractivity contribution is 0.254. The molecular weight excluding hydrogens is 262 g/mol. The molecule has 3 heterocycles. The van der Waals surface area contributed by atoms with E-state index in [2.05, 4.69) is 35.7 Å². The fourth-order valence-electron chi connectivity index (χ4n) is 3.61. The molecule has 3 rings (SSSR count). The summed E-state index contributed by atoms with van der Waals surface area (Å²) in [4.78, 5) is 14.3. The molecule has 2 unspecified atom stereocenters. The van der Waals surface area contributed by atoms with Crippen LogP contribution >= 0.6 is 0 Å². The lowest BCUT2D eigenvalue weighted by Gasteiger charge is -2.28. The maximum atomic E-state index is 6.12. The summed E-state index contributed by atoms with van der Waals surface area (Å²) in [5.41, 5.74) is 7.15. The zero-order chi connectivity index (χ0) is 15.1. The molecule has 1 aromatic rings. The van der Waals surface area contributed by atoms with Crippen LogP contribution in [-0.4, -0.2) is 47.1 Å². The number of nitrogens with two attached hydrogens (primary N) is 1. The van der Waals surface area contributed by atoms with E-state index in [-0.39, 0.29) is 0 Å². The van der Waals surface area contributed by atoms with E-state index in [9.17, 15) is 0 Å². The first-order valence-electron chi connectivity index (χ1n) is 8.08. The van der Waals surface area contributed by atoms with Crippen LogP contribution in [0.5, 0.6) is 0 Å². The Morgan fingerprint density at radius 3 is 2.57 bits per heavy atom. The van der Waals surface area contributed by atoms with Gasteiger partial charge in [-0.1, -0.05) is 13.8 Å². The van der Waals surface area contributed by atoms with Crippen LogP contribution in [-0.2, 0) is 0 Å². The lowest BCUT2D eigenvalue weighted by Crippen LogP contribution is -2.37. The zero-order valence-corrected chi connectivity index (χ0v) is 13.6. The molecule has 2 aliphatic heterocycles. The van der Waals surface area contributed by atoms with Crippen molar-refractivity contribution < 1.29 is 0 Å². The Bertz CT molecular complexity index is 528. The number of fused-ring (bicyclic) bond motifs is 2. The third kappa shape index (κ3) is 2.59. The Morgan fingerprint density at radius 1 is 1.14 bits per heavy atom. The number of nitrogens with zero attached hydrogens (tertiary/aromatic N) is 4. The first-order chi connectivity index (χ1) is 9.97. The number of hydrogen-bond donors (Lipinski definition) is 1. The fourth-order valence-corrected chi connectivity index (χ4v) is 3.61. The molecule has 2 atom stereocenters. The summed E-state index contributed by atoms with van der Waals surface area (Å²) >= 11 is 0. The smallest absolute Gasteiger partial charge is 0.137 e. The van der Waals surface area contributed by atoms with Crippen LogP contribution in [0.4, 0.5) is 11.6 Å². The molecule has 5 heteroatoms. The third-order valence-corrected chi connectivity index (χ3v) is 5.14. The number of anilines is 2. The van der Waals surface area contributed by atoms with Gasteiger partial charge in [0.25, 0.3) is 0 Å². The average Bonchev–Trinajstić information content (AvgIpc) is 2.67. The molecule has 2 saturated heterocycles. The minimum atomic E-state index is 0.303. The van der Waals surface area contributed by atoms with Crippen LogP contribution in [0.2, 0.25) is 0 Å². The van der Waals surface area contributed by atoms with Gasteiger partial charge in [0.15, 0.2) is 0 Å². The molecule has 21 heavy (non-hydrogen) atoms. The molecule has 0 spiro atoms. The number of rotatable bonds is 2. The standard InChI is InChI=1S/C16H27N5/c1-10(2)15-18-14(17)11(3)16(19-15)21-8-7-12-5-6-13(9-21)20(12)4/h10,12-13H,5-9H2,1-4H3,(H2,17,18,19). The Kier molecular flexibility index (Phi) is 3.78. The second kappa shape index (κ2) is 5.44. The van der Waals surface area contributed by atoms with Crippen molar-refractivity contribution in [1.82, 2.24) is 14.9 Å². The summed E-state index contributed by atoms with van der Waals surface area (Å²) in [6.45, 7) is 8.40. The van der Waals surface area contributed by atoms with Crippen molar-refractivity contribution in [2.45, 2.75) is 58.0 Å². The van der Waals surface area contributed by atoms with Gasteiger partial charge in [-0.25, -0.2) is 9.97 Å². The van der Waals surface area contributed by atoms with Gasteiger partial charge in [-0.15, -0.1) is 0 Å². The Morgan fingerprint density at radius 2 is 1.86 bits per heavy atom. The Hall–Kier alpha value is -1.36. The van der Waals surface area contributed by atoms with Gasteiger partial charge in [-0.3, -0.25) is 4.90 Å². The second-order valence-corrected chi connectivity index (χ2v) is 6.86. The van der Waals surface area contributed by atoms with E-state index in [0.29, 0.717) is 17.8 Å². The molecule has 0 radical (unpaired) electrons. The summed E-state index contributed by atoms with van der Waals surface area (Å²) in [7, 11) is 2.27. The molecule has 1 aromatic heterocycles. The van der Waals surface area contributed by atoms with Gasteiger partial charge < -0.3 is 10.6 Å². The highest BCUT2D eigenvalue weighted by Crippen LogP contribution is 2.32. The molecule has 2 bridgehead atoms. The van der Waals surface area contributed by atoms with Crippen molar-refractivity contribution in [3.63, 3.8) is 0 Å². The predicted molar refractivity (Wildman–Crippen MR) is 86.7 cm³/mol. The largest absolute Gasteiger partial charge is 0.383 e. The number of hydrogen-bond acceptors (Lipinski definition) is 5. The van der Waals surface area contributed by atoms with E-state index >= 15 is 0 Å². The maximum Gasteiger partial charge on any atom is 0.137 e. The van der Waals surface area contributed by atoms with Crippen molar-refractivity contribution in [3.8, 4) is 0 Å². The molecule has 0 aliphatic carbocycles. The van der Waals surface area contributed by atoms with Crippen molar-refractivity contribution >= 4 is 11.6 Å². The van der Waals surface area contributed by atoms with Gasteiger partial charge in [0.1, 0.15) is 17.5 Å². The third-order valence-electron chi connectivity index (χ3n) is 5.14. The van der Waals surface area contributed by atoms with Crippen LogP contribution < -0.4 is 10.6 Å². The van der Waals surface area contributed by atoms with Gasteiger partial charge in [-0.2, -0.15) is 0 Å². The topological polar surface area (TPSA) is 58.3 Å². The summed E-state index contributed by atoms with van der Waals surface area (Å²) in [6, 6.07) is 1.39. The quantitative estimate of drug-likeness (QED) is 0.904. The van der Waals surface area contributed by atoms with E-state index in [0.717, 1.165) is 36.3 Å². The van der Waals surface area contributed by atoms with E-state index in [1.165, 1.54) is 19.3 Å². The number of nitrogen functional groups attached to an aromatic ring is 1. The van der Waals surface area contributed by atoms with Crippen LogP contribution in [0.3, 0.4) is 0 Å². The van der Waals surface area contributed by atoms with Gasteiger partial charge in [0.2, 0.25) is 0 Å². The SMILES string of the molecule is Cc1c(N)nc(C(C)C)nc1N1CCC2CCC(C1)N2C. The van der Waals surface area contributed by atoms with E-state index in [1.54, 1.807) is 0 Å².